The third kappa shape index (κ3) is 2.58. The Balaban J connectivity index is 2.80. The molecule has 1 aromatic rings. The summed E-state index contributed by atoms with van der Waals surface area (Å²) in [5, 5.41) is 9.23. The Kier molecular flexibility index (Phi) is 3.50. The molecule has 0 heterocycles. The number of unbranched alkanes of at least 4 members (excludes halogenated alkanes) is 1. The summed E-state index contributed by atoms with van der Waals surface area (Å²) in [5.41, 5.74) is 1.50. The summed E-state index contributed by atoms with van der Waals surface area (Å²) in [6, 6.07) is 5.19. The number of phenolic OH excluding ortho intramolecular Hbond substituents is 1. The SMILES string of the molecule is CCCCc1ccc(O)c(C=O)c1. The summed E-state index contributed by atoms with van der Waals surface area (Å²) in [6.07, 6.45) is 3.91. The first-order chi connectivity index (χ1) is 6.27. The fourth-order valence-corrected chi connectivity index (χ4v) is 1.23. The van der Waals surface area contributed by atoms with Crippen LogP contribution in [0.5, 0.6) is 5.75 Å². The summed E-state index contributed by atoms with van der Waals surface area (Å²) in [6.45, 7) is 2.13. The molecule has 2 heteroatoms. The number of carbonyl (C=O) groups is 1. The second kappa shape index (κ2) is 4.65. The molecule has 13 heavy (non-hydrogen) atoms. The molecule has 1 rings (SSSR count). The molecule has 0 atom stereocenters. The van der Waals surface area contributed by atoms with Gasteiger partial charge < -0.3 is 5.11 Å². The average molecular weight is 178 g/mol. The smallest absolute Gasteiger partial charge is 0.153 e. The number of aryl methyl sites for hydroxylation is 1. The van der Waals surface area contributed by atoms with Crippen LogP contribution in [0.15, 0.2) is 18.2 Å². The number of phenols is 1. The maximum absolute atomic E-state index is 10.5. The number of carbonyl (C=O) groups excluding carboxylic acids is 1. The number of aromatic hydroxyl groups is 1. The van der Waals surface area contributed by atoms with E-state index in [0.717, 1.165) is 24.8 Å². The van der Waals surface area contributed by atoms with Crippen LogP contribution in [0.1, 0.15) is 35.7 Å². The maximum atomic E-state index is 10.5. The van der Waals surface area contributed by atoms with Gasteiger partial charge in [-0.1, -0.05) is 19.4 Å². The standard InChI is InChI=1S/C11H14O2/c1-2-3-4-9-5-6-11(13)10(7-9)8-12/h5-8,13H,2-4H2,1H3. The van der Waals surface area contributed by atoms with Gasteiger partial charge in [-0.2, -0.15) is 0 Å². The van der Waals surface area contributed by atoms with Gasteiger partial charge in [0.25, 0.3) is 0 Å². The molecule has 0 spiro atoms. The van der Waals surface area contributed by atoms with Crippen molar-refractivity contribution < 1.29 is 9.90 Å². The van der Waals surface area contributed by atoms with E-state index < -0.39 is 0 Å². The Morgan fingerprint density at radius 2 is 2.23 bits per heavy atom. The molecule has 0 saturated carbocycles. The first kappa shape index (κ1) is 9.78. The minimum atomic E-state index is 0.0650. The Morgan fingerprint density at radius 1 is 1.46 bits per heavy atom. The van der Waals surface area contributed by atoms with E-state index in [9.17, 15) is 9.90 Å². The van der Waals surface area contributed by atoms with Gasteiger partial charge in [-0.05, 0) is 30.5 Å². The highest BCUT2D eigenvalue weighted by Crippen LogP contribution is 2.17. The van der Waals surface area contributed by atoms with Crippen molar-refractivity contribution in [3.05, 3.63) is 29.3 Å². The summed E-state index contributed by atoms with van der Waals surface area (Å²) >= 11 is 0. The van der Waals surface area contributed by atoms with Crippen molar-refractivity contribution in [2.45, 2.75) is 26.2 Å². The highest BCUT2D eigenvalue weighted by Gasteiger charge is 2.00. The first-order valence-electron chi connectivity index (χ1n) is 4.55. The molecule has 0 aliphatic heterocycles. The van der Waals surface area contributed by atoms with Crippen molar-refractivity contribution in [3.63, 3.8) is 0 Å². The van der Waals surface area contributed by atoms with Crippen LogP contribution in [0, 0.1) is 0 Å². The van der Waals surface area contributed by atoms with Gasteiger partial charge in [-0.15, -0.1) is 0 Å². The van der Waals surface area contributed by atoms with E-state index in [4.69, 9.17) is 0 Å². The second-order valence-corrected chi connectivity index (χ2v) is 3.11. The van der Waals surface area contributed by atoms with Crippen LogP contribution in [0.25, 0.3) is 0 Å². The first-order valence-corrected chi connectivity index (χ1v) is 4.55. The molecule has 70 valence electrons. The van der Waals surface area contributed by atoms with Gasteiger partial charge in [0.2, 0.25) is 0 Å². The zero-order valence-electron chi connectivity index (χ0n) is 7.79. The predicted octanol–water partition coefficient (Wildman–Crippen LogP) is 2.55. The van der Waals surface area contributed by atoms with Gasteiger partial charge >= 0.3 is 0 Å². The molecule has 0 radical (unpaired) electrons. The quantitative estimate of drug-likeness (QED) is 0.719. The van der Waals surface area contributed by atoms with E-state index in [-0.39, 0.29) is 5.75 Å². The van der Waals surface area contributed by atoms with E-state index in [2.05, 4.69) is 6.92 Å². The summed E-state index contributed by atoms with van der Waals surface area (Å²) in [4.78, 5) is 10.5. The zero-order valence-corrected chi connectivity index (χ0v) is 7.79. The van der Waals surface area contributed by atoms with Gasteiger partial charge in [-0.3, -0.25) is 4.79 Å². The molecule has 0 unspecified atom stereocenters. The fourth-order valence-electron chi connectivity index (χ4n) is 1.23. The van der Waals surface area contributed by atoms with Crippen molar-refractivity contribution in [1.29, 1.82) is 0 Å². The lowest BCUT2D eigenvalue weighted by atomic mass is 10.1. The molecular formula is C11H14O2. The van der Waals surface area contributed by atoms with Crippen molar-refractivity contribution in [2.75, 3.05) is 0 Å². The van der Waals surface area contributed by atoms with Crippen molar-refractivity contribution in [1.82, 2.24) is 0 Å². The molecule has 0 aromatic heterocycles. The highest BCUT2D eigenvalue weighted by molar-refractivity contribution is 5.79. The van der Waals surface area contributed by atoms with Crippen molar-refractivity contribution in [2.24, 2.45) is 0 Å². The Hall–Kier alpha value is -1.31. The lowest BCUT2D eigenvalue weighted by molar-refractivity contribution is 0.112. The fraction of sp³-hybridized carbons (Fsp3) is 0.364. The van der Waals surface area contributed by atoms with Crippen LogP contribution in [0.4, 0.5) is 0 Å². The minimum Gasteiger partial charge on any atom is -0.507 e. The van der Waals surface area contributed by atoms with Gasteiger partial charge in [0.15, 0.2) is 6.29 Å². The number of hydrogen-bond donors (Lipinski definition) is 1. The Labute approximate surface area is 78.2 Å². The summed E-state index contributed by atoms with van der Waals surface area (Å²) in [7, 11) is 0. The van der Waals surface area contributed by atoms with E-state index in [1.807, 2.05) is 6.07 Å². The van der Waals surface area contributed by atoms with Crippen LogP contribution in [0.2, 0.25) is 0 Å². The molecular weight excluding hydrogens is 164 g/mol. The molecule has 2 nitrogen and oxygen atoms in total. The lowest BCUT2D eigenvalue weighted by Crippen LogP contribution is -1.88. The maximum Gasteiger partial charge on any atom is 0.153 e. The normalized spacial score (nSPS) is 9.92. The molecule has 1 N–H and O–H groups in total. The van der Waals surface area contributed by atoms with Crippen LogP contribution in [0.3, 0.4) is 0 Å². The monoisotopic (exact) mass is 178 g/mol. The molecule has 0 bridgehead atoms. The van der Waals surface area contributed by atoms with Crippen molar-refractivity contribution >= 4 is 6.29 Å². The third-order valence-corrected chi connectivity index (χ3v) is 2.04. The number of aldehydes is 1. The number of benzene rings is 1. The summed E-state index contributed by atoms with van der Waals surface area (Å²) in [5.74, 6) is 0.0650. The van der Waals surface area contributed by atoms with Gasteiger partial charge in [0.1, 0.15) is 5.75 Å². The third-order valence-electron chi connectivity index (χ3n) is 2.04. The molecule has 1 aromatic carbocycles. The number of hydrogen-bond acceptors (Lipinski definition) is 2. The molecule has 0 aliphatic carbocycles. The van der Waals surface area contributed by atoms with Crippen LogP contribution in [-0.2, 0) is 6.42 Å². The van der Waals surface area contributed by atoms with E-state index in [0.29, 0.717) is 11.8 Å². The van der Waals surface area contributed by atoms with Gasteiger partial charge in [-0.25, -0.2) is 0 Å². The van der Waals surface area contributed by atoms with Gasteiger partial charge in [0.05, 0.1) is 5.56 Å². The molecule has 0 aliphatic rings. The average Bonchev–Trinajstić information content (AvgIpc) is 2.16. The van der Waals surface area contributed by atoms with Crippen LogP contribution in [-0.4, -0.2) is 11.4 Å². The second-order valence-electron chi connectivity index (χ2n) is 3.11. The van der Waals surface area contributed by atoms with E-state index >= 15 is 0 Å². The lowest BCUT2D eigenvalue weighted by Gasteiger charge is -2.02. The Bertz CT molecular complexity index is 292. The molecule has 0 saturated heterocycles. The Morgan fingerprint density at radius 3 is 2.85 bits per heavy atom. The van der Waals surface area contributed by atoms with Crippen molar-refractivity contribution in [3.8, 4) is 5.75 Å². The largest absolute Gasteiger partial charge is 0.507 e. The van der Waals surface area contributed by atoms with Gasteiger partial charge in [0, 0.05) is 0 Å². The van der Waals surface area contributed by atoms with Crippen LogP contribution >= 0.6 is 0 Å². The van der Waals surface area contributed by atoms with Crippen LogP contribution < -0.4 is 0 Å². The van der Waals surface area contributed by atoms with E-state index in [1.165, 1.54) is 0 Å². The zero-order chi connectivity index (χ0) is 9.68. The van der Waals surface area contributed by atoms with E-state index in [1.54, 1.807) is 12.1 Å². The predicted molar refractivity (Wildman–Crippen MR) is 52.1 cm³/mol. The molecule has 0 amide bonds. The highest BCUT2D eigenvalue weighted by atomic mass is 16.3. The minimum absolute atomic E-state index is 0.0650. The molecule has 0 fully saturated rings. The summed E-state index contributed by atoms with van der Waals surface area (Å²) < 4.78 is 0. The topological polar surface area (TPSA) is 37.3 Å². The number of rotatable bonds is 4.